The maximum absolute atomic E-state index is 13.1. The van der Waals surface area contributed by atoms with Gasteiger partial charge < -0.3 is 14.8 Å². The van der Waals surface area contributed by atoms with Crippen molar-refractivity contribution in [2.45, 2.75) is 24.2 Å². The van der Waals surface area contributed by atoms with Gasteiger partial charge in [-0.15, -0.1) is 0 Å². The summed E-state index contributed by atoms with van der Waals surface area (Å²) in [6.45, 7) is 1.29. The quantitative estimate of drug-likeness (QED) is 0.476. The molecule has 9 nitrogen and oxygen atoms in total. The number of hydrogen-bond donors (Lipinski definition) is 1. The number of nitro benzene ring substituents is 1. The Morgan fingerprint density at radius 1 is 1.07 bits per heavy atom. The maximum Gasteiger partial charge on any atom is 0.270 e. The van der Waals surface area contributed by atoms with Crippen LogP contribution in [0.5, 0.6) is 11.5 Å². The molecule has 0 aliphatic carbocycles. The number of rotatable bonds is 9. The van der Waals surface area contributed by atoms with Crippen molar-refractivity contribution in [1.82, 2.24) is 4.31 Å². The molecule has 2 aromatic rings. The minimum atomic E-state index is -3.81. The lowest BCUT2D eigenvalue weighted by molar-refractivity contribution is -0.385. The summed E-state index contributed by atoms with van der Waals surface area (Å²) in [4.78, 5) is 10.5. The van der Waals surface area contributed by atoms with Gasteiger partial charge in [-0.1, -0.05) is 6.07 Å². The summed E-state index contributed by atoms with van der Waals surface area (Å²) in [6, 6.07) is 9.46. The molecule has 0 aromatic heterocycles. The molecule has 0 amide bonds. The molecule has 0 saturated carbocycles. The SMILES string of the molecule is COc1ccc(CCNc2ccc([N+](=O)[O-])cc2S(=O)(=O)N2CCCC2)cc1OC. The lowest BCUT2D eigenvalue weighted by Crippen LogP contribution is -2.28. The Balaban J connectivity index is 1.81. The fourth-order valence-electron chi connectivity index (χ4n) is 3.43. The Labute approximate surface area is 175 Å². The minimum Gasteiger partial charge on any atom is -0.493 e. The molecule has 1 aliphatic heterocycles. The van der Waals surface area contributed by atoms with Crippen LogP contribution in [0.2, 0.25) is 0 Å². The summed E-state index contributed by atoms with van der Waals surface area (Å²) < 4.78 is 38.0. The first-order valence-corrected chi connectivity index (χ1v) is 11.0. The van der Waals surface area contributed by atoms with Crippen LogP contribution in [-0.2, 0) is 16.4 Å². The van der Waals surface area contributed by atoms with Crippen molar-refractivity contribution in [2.24, 2.45) is 0 Å². The number of non-ortho nitro benzene ring substituents is 1. The largest absolute Gasteiger partial charge is 0.493 e. The Morgan fingerprint density at radius 3 is 2.40 bits per heavy atom. The van der Waals surface area contributed by atoms with Gasteiger partial charge in [0.25, 0.3) is 5.69 Å². The van der Waals surface area contributed by atoms with E-state index in [0.717, 1.165) is 24.5 Å². The molecule has 30 heavy (non-hydrogen) atoms. The van der Waals surface area contributed by atoms with E-state index in [2.05, 4.69) is 5.32 Å². The third-order valence-corrected chi connectivity index (χ3v) is 6.97. The summed E-state index contributed by atoms with van der Waals surface area (Å²) in [5.41, 5.74) is 1.08. The second kappa shape index (κ2) is 9.31. The minimum absolute atomic E-state index is 0.0640. The molecule has 1 aliphatic rings. The van der Waals surface area contributed by atoms with Crippen molar-refractivity contribution in [1.29, 1.82) is 0 Å². The number of nitro groups is 1. The van der Waals surface area contributed by atoms with E-state index in [1.54, 1.807) is 14.2 Å². The molecule has 1 saturated heterocycles. The Hall–Kier alpha value is -2.85. The highest BCUT2D eigenvalue weighted by Gasteiger charge is 2.30. The summed E-state index contributed by atoms with van der Waals surface area (Å²) in [6.07, 6.45) is 2.17. The lowest BCUT2D eigenvalue weighted by atomic mass is 10.1. The molecule has 0 spiro atoms. The van der Waals surface area contributed by atoms with E-state index in [1.165, 1.54) is 16.4 Å². The third kappa shape index (κ3) is 4.65. The molecule has 1 N–H and O–H groups in total. The molecule has 0 atom stereocenters. The summed E-state index contributed by atoms with van der Waals surface area (Å²) >= 11 is 0. The molecule has 10 heteroatoms. The average molecular weight is 436 g/mol. The van der Waals surface area contributed by atoms with Crippen LogP contribution in [0.15, 0.2) is 41.3 Å². The number of nitrogens with one attached hydrogen (secondary N) is 1. The van der Waals surface area contributed by atoms with Crippen LogP contribution in [0.25, 0.3) is 0 Å². The molecule has 3 rings (SSSR count). The predicted molar refractivity (Wildman–Crippen MR) is 113 cm³/mol. The van der Waals surface area contributed by atoms with E-state index in [-0.39, 0.29) is 10.6 Å². The Kier molecular flexibility index (Phi) is 6.78. The number of anilines is 1. The van der Waals surface area contributed by atoms with Crippen molar-refractivity contribution in [3.8, 4) is 11.5 Å². The first kappa shape index (κ1) is 21.8. The van der Waals surface area contributed by atoms with Crippen LogP contribution >= 0.6 is 0 Å². The monoisotopic (exact) mass is 435 g/mol. The van der Waals surface area contributed by atoms with Crippen LogP contribution in [0.3, 0.4) is 0 Å². The van der Waals surface area contributed by atoms with E-state index >= 15 is 0 Å². The number of methoxy groups -OCH3 is 2. The molecule has 0 unspecified atom stereocenters. The molecule has 0 bridgehead atoms. The number of sulfonamides is 1. The molecule has 162 valence electrons. The first-order valence-electron chi connectivity index (χ1n) is 9.60. The van der Waals surface area contributed by atoms with Crippen molar-refractivity contribution in [2.75, 3.05) is 39.2 Å². The highest BCUT2D eigenvalue weighted by atomic mass is 32.2. The highest BCUT2D eigenvalue weighted by molar-refractivity contribution is 7.89. The standard InChI is InChI=1S/C20H25N3O6S/c1-28-18-8-5-15(13-19(18)29-2)9-10-21-17-7-6-16(23(24)25)14-20(17)30(26,27)22-11-3-4-12-22/h5-8,13-14,21H,3-4,9-12H2,1-2H3. The summed E-state index contributed by atoms with van der Waals surface area (Å²) in [7, 11) is -0.683. The zero-order chi connectivity index (χ0) is 21.7. The van der Waals surface area contributed by atoms with Gasteiger partial charge in [0.05, 0.1) is 24.8 Å². The number of benzene rings is 2. The van der Waals surface area contributed by atoms with Crippen molar-refractivity contribution < 1.29 is 22.8 Å². The first-order chi connectivity index (χ1) is 14.4. The lowest BCUT2D eigenvalue weighted by Gasteiger charge is -2.19. The van der Waals surface area contributed by atoms with Gasteiger partial charge in [-0.25, -0.2) is 8.42 Å². The van der Waals surface area contributed by atoms with Gasteiger partial charge in [-0.2, -0.15) is 4.31 Å². The molecule has 2 aromatic carbocycles. The van der Waals surface area contributed by atoms with Gasteiger partial charge in [0.15, 0.2) is 11.5 Å². The van der Waals surface area contributed by atoms with E-state index < -0.39 is 14.9 Å². The molecule has 1 fully saturated rings. The van der Waals surface area contributed by atoms with Crippen molar-refractivity contribution in [3.63, 3.8) is 0 Å². The fraction of sp³-hybridized carbons (Fsp3) is 0.400. The van der Waals surface area contributed by atoms with E-state index in [4.69, 9.17) is 9.47 Å². The van der Waals surface area contributed by atoms with E-state index in [0.29, 0.717) is 43.2 Å². The second-order valence-electron chi connectivity index (χ2n) is 6.91. The van der Waals surface area contributed by atoms with Crippen LogP contribution in [0.4, 0.5) is 11.4 Å². The normalized spacial score (nSPS) is 14.5. The van der Waals surface area contributed by atoms with Crippen LogP contribution in [0.1, 0.15) is 18.4 Å². The van der Waals surface area contributed by atoms with Gasteiger partial charge in [-0.05, 0) is 43.0 Å². The fourth-order valence-corrected chi connectivity index (χ4v) is 5.13. The number of ether oxygens (including phenoxy) is 2. The van der Waals surface area contributed by atoms with Gasteiger partial charge in [0, 0.05) is 31.8 Å². The third-order valence-electron chi connectivity index (χ3n) is 5.04. The van der Waals surface area contributed by atoms with Crippen LogP contribution < -0.4 is 14.8 Å². The van der Waals surface area contributed by atoms with Gasteiger partial charge >= 0.3 is 0 Å². The predicted octanol–water partition coefficient (Wildman–Crippen LogP) is 3.05. The zero-order valence-corrected chi connectivity index (χ0v) is 17.8. The summed E-state index contributed by atoms with van der Waals surface area (Å²) in [5, 5.41) is 14.3. The number of nitrogens with zero attached hydrogens (tertiary/aromatic N) is 2. The van der Waals surface area contributed by atoms with Crippen LogP contribution in [-0.4, -0.2) is 51.5 Å². The van der Waals surface area contributed by atoms with Crippen molar-refractivity contribution >= 4 is 21.4 Å². The average Bonchev–Trinajstić information content (AvgIpc) is 3.29. The van der Waals surface area contributed by atoms with Crippen molar-refractivity contribution in [3.05, 3.63) is 52.1 Å². The van der Waals surface area contributed by atoms with E-state index in [9.17, 15) is 18.5 Å². The Bertz CT molecular complexity index is 1020. The highest BCUT2D eigenvalue weighted by Crippen LogP contribution is 2.31. The van der Waals surface area contributed by atoms with E-state index in [1.807, 2.05) is 18.2 Å². The smallest absolute Gasteiger partial charge is 0.270 e. The zero-order valence-electron chi connectivity index (χ0n) is 17.0. The van der Waals surface area contributed by atoms with Gasteiger partial charge in [0.2, 0.25) is 10.0 Å². The number of hydrogen-bond acceptors (Lipinski definition) is 7. The maximum atomic E-state index is 13.1. The second-order valence-corrected chi connectivity index (χ2v) is 8.82. The molecule has 1 heterocycles. The molecular weight excluding hydrogens is 410 g/mol. The van der Waals surface area contributed by atoms with Gasteiger partial charge in [0.1, 0.15) is 4.90 Å². The van der Waals surface area contributed by atoms with Gasteiger partial charge in [-0.3, -0.25) is 10.1 Å². The summed E-state index contributed by atoms with van der Waals surface area (Å²) in [5.74, 6) is 1.24. The topological polar surface area (TPSA) is 111 Å². The molecular formula is C20H25N3O6S. The van der Waals surface area contributed by atoms with Crippen LogP contribution in [0, 0.1) is 10.1 Å². The Morgan fingerprint density at radius 2 is 1.77 bits per heavy atom. The molecule has 0 radical (unpaired) electrons.